The van der Waals surface area contributed by atoms with Crippen molar-refractivity contribution >= 4 is 0 Å². The molecule has 0 bridgehead atoms. The summed E-state index contributed by atoms with van der Waals surface area (Å²) in [6.07, 6.45) is 0. The number of benzene rings is 3. The average molecular weight is 429 g/mol. The standard InChI is InChI=1S/C31H40O/c1-28(2,3)22-16-10-13-19-25(22)31(32,26-20-14-11-17-23(26)29(4,5)6)27-21-15-12-18-24(27)30(7,8)9/h10-21,32H,1-9H3. The second-order valence-electron chi connectivity index (χ2n) is 12.1. The van der Waals surface area contributed by atoms with Gasteiger partial charge in [-0.2, -0.15) is 0 Å². The van der Waals surface area contributed by atoms with Crippen molar-refractivity contribution in [2.45, 2.75) is 84.2 Å². The fourth-order valence-electron chi connectivity index (χ4n) is 4.79. The molecule has 0 aliphatic rings. The normalized spacial score (nSPS) is 13.3. The lowest BCUT2D eigenvalue weighted by atomic mass is 9.67. The van der Waals surface area contributed by atoms with Crippen LogP contribution in [0.4, 0.5) is 0 Å². The summed E-state index contributed by atoms with van der Waals surface area (Å²) in [6, 6.07) is 25.2. The average Bonchev–Trinajstić information content (AvgIpc) is 2.71. The van der Waals surface area contributed by atoms with Crippen LogP contribution < -0.4 is 0 Å². The highest BCUT2D eigenvalue weighted by Gasteiger charge is 2.42. The summed E-state index contributed by atoms with van der Waals surface area (Å²) in [7, 11) is 0. The van der Waals surface area contributed by atoms with Gasteiger partial charge in [0, 0.05) is 0 Å². The van der Waals surface area contributed by atoms with Crippen LogP contribution >= 0.6 is 0 Å². The molecule has 3 aromatic rings. The second kappa shape index (κ2) is 8.19. The highest BCUT2D eigenvalue weighted by atomic mass is 16.3. The molecule has 0 atom stereocenters. The van der Waals surface area contributed by atoms with Gasteiger partial charge in [0.05, 0.1) is 0 Å². The molecule has 0 amide bonds. The summed E-state index contributed by atoms with van der Waals surface area (Å²) in [5.74, 6) is 0. The summed E-state index contributed by atoms with van der Waals surface area (Å²) in [4.78, 5) is 0. The van der Waals surface area contributed by atoms with Gasteiger partial charge in [-0.05, 0) is 49.6 Å². The molecule has 1 nitrogen and oxygen atoms in total. The molecule has 0 fully saturated rings. The quantitative estimate of drug-likeness (QED) is 0.421. The van der Waals surface area contributed by atoms with Gasteiger partial charge in [-0.15, -0.1) is 0 Å². The molecule has 0 aliphatic heterocycles. The van der Waals surface area contributed by atoms with Crippen LogP contribution in [0.1, 0.15) is 95.7 Å². The maximum absolute atomic E-state index is 13.1. The highest BCUT2D eigenvalue weighted by Crippen LogP contribution is 2.47. The minimum atomic E-state index is -1.28. The van der Waals surface area contributed by atoms with Crippen LogP contribution in [-0.4, -0.2) is 5.11 Å². The zero-order valence-corrected chi connectivity index (χ0v) is 21.4. The molecule has 0 unspecified atom stereocenters. The van der Waals surface area contributed by atoms with E-state index >= 15 is 0 Å². The topological polar surface area (TPSA) is 20.2 Å². The van der Waals surface area contributed by atoms with Crippen molar-refractivity contribution in [1.29, 1.82) is 0 Å². The van der Waals surface area contributed by atoms with E-state index in [-0.39, 0.29) is 16.2 Å². The molecule has 0 aromatic heterocycles. The lowest BCUT2D eigenvalue weighted by molar-refractivity contribution is 0.119. The molecule has 0 radical (unpaired) electrons. The molecular formula is C31H40O. The van der Waals surface area contributed by atoms with E-state index in [1.54, 1.807) is 0 Å². The molecule has 0 saturated carbocycles. The Morgan fingerprint density at radius 1 is 0.375 bits per heavy atom. The van der Waals surface area contributed by atoms with Crippen LogP contribution in [0.25, 0.3) is 0 Å². The van der Waals surface area contributed by atoms with Crippen LogP contribution in [0.15, 0.2) is 72.8 Å². The van der Waals surface area contributed by atoms with Crippen molar-refractivity contribution in [3.63, 3.8) is 0 Å². The van der Waals surface area contributed by atoms with E-state index in [1.807, 2.05) is 0 Å². The maximum atomic E-state index is 13.1. The van der Waals surface area contributed by atoms with Crippen molar-refractivity contribution < 1.29 is 5.11 Å². The van der Waals surface area contributed by atoms with Crippen molar-refractivity contribution in [3.05, 3.63) is 106 Å². The predicted molar refractivity (Wildman–Crippen MR) is 138 cm³/mol. The van der Waals surface area contributed by atoms with Gasteiger partial charge >= 0.3 is 0 Å². The van der Waals surface area contributed by atoms with Crippen molar-refractivity contribution in [3.8, 4) is 0 Å². The largest absolute Gasteiger partial charge is 0.376 e. The molecule has 1 heteroatoms. The first kappa shape index (κ1) is 24.3. The highest BCUT2D eigenvalue weighted by molar-refractivity contribution is 5.57. The van der Waals surface area contributed by atoms with Crippen LogP contribution in [0.5, 0.6) is 0 Å². The van der Waals surface area contributed by atoms with Crippen molar-refractivity contribution in [1.82, 2.24) is 0 Å². The fraction of sp³-hybridized carbons (Fsp3) is 0.419. The first-order valence-corrected chi connectivity index (χ1v) is 11.7. The molecule has 3 rings (SSSR count). The van der Waals surface area contributed by atoms with Gasteiger partial charge < -0.3 is 5.11 Å². The third kappa shape index (κ3) is 4.41. The monoisotopic (exact) mass is 428 g/mol. The van der Waals surface area contributed by atoms with E-state index in [0.717, 1.165) is 33.4 Å². The molecule has 32 heavy (non-hydrogen) atoms. The Morgan fingerprint density at radius 3 is 0.750 bits per heavy atom. The van der Waals surface area contributed by atoms with Gasteiger partial charge in [-0.25, -0.2) is 0 Å². The van der Waals surface area contributed by atoms with E-state index in [4.69, 9.17) is 0 Å². The number of aliphatic hydroxyl groups is 1. The second-order valence-corrected chi connectivity index (χ2v) is 12.1. The summed E-state index contributed by atoms with van der Waals surface area (Å²) in [5.41, 5.74) is 4.74. The molecule has 1 N–H and O–H groups in total. The van der Waals surface area contributed by atoms with Gasteiger partial charge in [-0.3, -0.25) is 0 Å². The first-order chi connectivity index (χ1) is 14.7. The van der Waals surface area contributed by atoms with Crippen molar-refractivity contribution in [2.24, 2.45) is 0 Å². The SMILES string of the molecule is CC(C)(C)c1ccccc1C(O)(c1ccccc1C(C)(C)C)c1ccccc1C(C)(C)C. The van der Waals surface area contributed by atoms with Gasteiger partial charge in [0.15, 0.2) is 0 Å². The Bertz CT molecular complexity index is 945. The Balaban J connectivity index is 2.54. The third-order valence-electron chi connectivity index (χ3n) is 6.37. The molecular weight excluding hydrogens is 388 g/mol. The van der Waals surface area contributed by atoms with Crippen molar-refractivity contribution in [2.75, 3.05) is 0 Å². The number of hydrogen-bond donors (Lipinski definition) is 1. The van der Waals surface area contributed by atoms with E-state index in [9.17, 15) is 5.11 Å². The molecule has 0 heterocycles. The summed E-state index contributed by atoms with van der Waals surface area (Å²) in [6.45, 7) is 20.0. The van der Waals surface area contributed by atoms with Crippen LogP contribution in [0.2, 0.25) is 0 Å². The first-order valence-electron chi connectivity index (χ1n) is 11.7. The fourth-order valence-corrected chi connectivity index (χ4v) is 4.79. The lowest BCUT2D eigenvalue weighted by Crippen LogP contribution is -2.37. The van der Waals surface area contributed by atoms with Gasteiger partial charge in [-0.1, -0.05) is 135 Å². The minimum absolute atomic E-state index is 0.113. The Morgan fingerprint density at radius 2 is 0.562 bits per heavy atom. The van der Waals surface area contributed by atoms with E-state index in [2.05, 4.69) is 135 Å². The molecule has 0 saturated heterocycles. The summed E-state index contributed by atoms with van der Waals surface area (Å²) < 4.78 is 0. The molecule has 0 spiro atoms. The lowest BCUT2D eigenvalue weighted by Gasteiger charge is -2.40. The Labute approximate surface area is 195 Å². The van der Waals surface area contributed by atoms with E-state index < -0.39 is 5.60 Å². The number of rotatable bonds is 3. The predicted octanol–water partition coefficient (Wildman–Crippen LogP) is 7.86. The zero-order valence-electron chi connectivity index (χ0n) is 21.4. The Kier molecular flexibility index (Phi) is 6.21. The van der Waals surface area contributed by atoms with Gasteiger partial charge in [0.25, 0.3) is 0 Å². The van der Waals surface area contributed by atoms with Gasteiger partial charge in [0.1, 0.15) is 5.60 Å². The smallest absolute Gasteiger partial charge is 0.141 e. The molecule has 0 aliphatic carbocycles. The minimum Gasteiger partial charge on any atom is -0.376 e. The summed E-state index contributed by atoms with van der Waals surface area (Å²) >= 11 is 0. The summed E-state index contributed by atoms with van der Waals surface area (Å²) in [5, 5.41) is 13.1. The van der Waals surface area contributed by atoms with E-state index in [1.165, 1.54) is 0 Å². The van der Waals surface area contributed by atoms with E-state index in [0.29, 0.717) is 0 Å². The number of hydrogen-bond acceptors (Lipinski definition) is 1. The van der Waals surface area contributed by atoms with Gasteiger partial charge in [0.2, 0.25) is 0 Å². The van der Waals surface area contributed by atoms with Crippen LogP contribution in [0.3, 0.4) is 0 Å². The maximum Gasteiger partial charge on any atom is 0.141 e. The molecule has 3 aromatic carbocycles. The molecule has 170 valence electrons. The third-order valence-corrected chi connectivity index (χ3v) is 6.37. The van der Waals surface area contributed by atoms with Crippen LogP contribution in [0, 0.1) is 0 Å². The zero-order chi connectivity index (χ0) is 23.9. The Hall–Kier alpha value is -2.38. The van der Waals surface area contributed by atoms with Crippen LogP contribution in [-0.2, 0) is 21.8 Å².